The van der Waals surface area contributed by atoms with Crippen LogP contribution in [0.1, 0.15) is 18.1 Å². The normalized spacial score (nSPS) is 19.5. The number of halogens is 2. The lowest BCUT2D eigenvalue weighted by molar-refractivity contribution is -0.131. The molecule has 0 spiro atoms. The van der Waals surface area contributed by atoms with Crippen LogP contribution in [0.2, 0.25) is 10.0 Å². The highest BCUT2D eigenvalue weighted by Crippen LogP contribution is 2.41. The number of ether oxygens (including phenoxy) is 1. The van der Waals surface area contributed by atoms with Crippen molar-refractivity contribution in [3.8, 4) is 5.75 Å². The number of carbonyl (C=O) groups is 3. The highest BCUT2D eigenvalue weighted by molar-refractivity contribution is 6.42. The molecule has 0 bridgehead atoms. The maximum absolute atomic E-state index is 12.9. The average molecular weight is 393 g/mol. The molecule has 3 rings (SSSR count). The molecule has 134 valence electrons. The van der Waals surface area contributed by atoms with Crippen LogP contribution < -0.4 is 10.1 Å². The Kier molecular flexibility index (Phi) is 4.64. The number of nitrogens with zero attached hydrogens (tertiary/aromatic N) is 1. The third kappa shape index (κ3) is 2.81. The molecule has 0 radical (unpaired) electrons. The summed E-state index contributed by atoms with van der Waals surface area (Å²) >= 11 is 12.1. The smallest absolute Gasteiger partial charge is 0.325 e. The van der Waals surface area contributed by atoms with Gasteiger partial charge in [-0.1, -0.05) is 41.4 Å². The summed E-state index contributed by atoms with van der Waals surface area (Å²) in [6.45, 7) is 1.28. The largest absolute Gasteiger partial charge is 0.427 e. The van der Waals surface area contributed by atoms with Gasteiger partial charge in [-0.05, 0) is 35.4 Å². The van der Waals surface area contributed by atoms with E-state index in [-0.39, 0.29) is 10.8 Å². The van der Waals surface area contributed by atoms with Crippen LogP contribution >= 0.6 is 23.2 Å². The van der Waals surface area contributed by atoms with Gasteiger partial charge < -0.3 is 9.64 Å². The zero-order valence-corrected chi connectivity index (χ0v) is 15.4. The fourth-order valence-corrected chi connectivity index (χ4v) is 3.36. The van der Waals surface area contributed by atoms with Gasteiger partial charge in [0.15, 0.2) is 5.54 Å². The van der Waals surface area contributed by atoms with Crippen LogP contribution in [0, 0.1) is 0 Å². The molecule has 6 nitrogen and oxygen atoms in total. The first-order valence-corrected chi connectivity index (χ1v) is 8.36. The second-order valence-electron chi connectivity index (χ2n) is 5.78. The summed E-state index contributed by atoms with van der Waals surface area (Å²) in [7, 11) is 1.50. The van der Waals surface area contributed by atoms with E-state index in [1.807, 2.05) is 0 Å². The molecular weight excluding hydrogens is 379 g/mol. The first-order valence-electron chi connectivity index (χ1n) is 7.60. The zero-order valence-electron chi connectivity index (χ0n) is 13.9. The number of carbonyl (C=O) groups excluding carboxylic acids is 3. The van der Waals surface area contributed by atoms with Crippen LogP contribution in [-0.4, -0.2) is 29.9 Å². The number of benzene rings is 2. The number of amides is 3. The second kappa shape index (κ2) is 6.63. The molecule has 0 aliphatic carbocycles. The Morgan fingerprint density at radius 3 is 2.35 bits per heavy atom. The predicted octanol–water partition coefficient (Wildman–Crippen LogP) is 3.34. The lowest BCUT2D eigenvalue weighted by Gasteiger charge is -2.34. The fourth-order valence-electron chi connectivity index (χ4n) is 3.06. The molecule has 1 unspecified atom stereocenters. The number of esters is 1. The molecule has 2 aromatic carbocycles. The third-order valence-corrected chi connectivity index (χ3v) is 4.95. The summed E-state index contributed by atoms with van der Waals surface area (Å²) in [5, 5.41) is 2.89. The molecule has 3 amide bonds. The number of rotatable bonds is 3. The van der Waals surface area contributed by atoms with E-state index in [9.17, 15) is 14.4 Å². The Hall–Kier alpha value is -2.57. The molecule has 1 N–H and O–H groups in total. The lowest BCUT2D eigenvalue weighted by Crippen LogP contribution is -2.46. The molecule has 1 aliphatic heterocycles. The quantitative estimate of drug-likeness (QED) is 0.493. The first-order chi connectivity index (χ1) is 12.3. The van der Waals surface area contributed by atoms with E-state index in [0.29, 0.717) is 16.1 Å². The molecule has 1 saturated heterocycles. The summed E-state index contributed by atoms with van der Waals surface area (Å²) in [4.78, 5) is 37.6. The minimum absolute atomic E-state index is 0.250. The average Bonchev–Trinajstić information content (AvgIpc) is 2.80. The molecule has 26 heavy (non-hydrogen) atoms. The summed E-state index contributed by atoms with van der Waals surface area (Å²) in [6.07, 6.45) is 0. The number of nitrogens with one attached hydrogen (secondary N) is 1. The van der Waals surface area contributed by atoms with E-state index in [4.69, 9.17) is 27.9 Å². The van der Waals surface area contributed by atoms with E-state index in [0.717, 1.165) is 0 Å². The SMILES string of the molecule is CC(=O)Oc1cccc(C2(c3ccc(Cl)c(Cl)c3)C(=O)NC(=O)N2C)c1. The van der Waals surface area contributed by atoms with E-state index in [1.165, 1.54) is 24.9 Å². The standard InChI is InChI=1S/C18H14Cl2N2O4/c1-10(23)26-13-5-3-4-11(8-13)18(16(24)21-17(25)22(18)2)12-6-7-14(19)15(20)9-12/h3-9H,1-2H3,(H,21,24,25). The van der Waals surface area contributed by atoms with Gasteiger partial charge in [0.25, 0.3) is 5.91 Å². The summed E-state index contributed by atoms with van der Waals surface area (Å²) < 4.78 is 5.11. The van der Waals surface area contributed by atoms with Crippen molar-refractivity contribution in [2.45, 2.75) is 12.5 Å². The van der Waals surface area contributed by atoms with Crippen molar-refractivity contribution in [2.75, 3.05) is 7.05 Å². The monoisotopic (exact) mass is 392 g/mol. The van der Waals surface area contributed by atoms with Gasteiger partial charge >= 0.3 is 12.0 Å². The zero-order chi connectivity index (χ0) is 19.1. The highest BCUT2D eigenvalue weighted by atomic mass is 35.5. The van der Waals surface area contributed by atoms with Crippen molar-refractivity contribution in [3.63, 3.8) is 0 Å². The maximum Gasteiger partial charge on any atom is 0.325 e. The topological polar surface area (TPSA) is 75.7 Å². The third-order valence-electron chi connectivity index (χ3n) is 4.21. The van der Waals surface area contributed by atoms with Crippen molar-refractivity contribution in [1.82, 2.24) is 10.2 Å². The van der Waals surface area contributed by atoms with Crippen LogP contribution in [0.3, 0.4) is 0 Å². The van der Waals surface area contributed by atoms with Crippen LogP contribution in [0.4, 0.5) is 4.79 Å². The van der Waals surface area contributed by atoms with Gasteiger partial charge in [-0.15, -0.1) is 0 Å². The summed E-state index contributed by atoms with van der Waals surface area (Å²) in [5.41, 5.74) is -0.570. The Bertz CT molecular complexity index is 931. The van der Waals surface area contributed by atoms with Gasteiger partial charge in [0.1, 0.15) is 5.75 Å². The Morgan fingerprint density at radius 1 is 1.08 bits per heavy atom. The van der Waals surface area contributed by atoms with Gasteiger partial charge in [0.2, 0.25) is 0 Å². The van der Waals surface area contributed by atoms with Crippen LogP contribution in [0.25, 0.3) is 0 Å². The predicted molar refractivity (Wildman–Crippen MR) is 96.3 cm³/mol. The van der Waals surface area contributed by atoms with Crippen molar-refractivity contribution in [1.29, 1.82) is 0 Å². The van der Waals surface area contributed by atoms with E-state index in [1.54, 1.807) is 36.4 Å². The molecule has 8 heteroatoms. The van der Waals surface area contributed by atoms with E-state index >= 15 is 0 Å². The Morgan fingerprint density at radius 2 is 1.77 bits per heavy atom. The molecule has 0 aromatic heterocycles. The Balaban J connectivity index is 2.26. The summed E-state index contributed by atoms with van der Waals surface area (Å²) in [5.74, 6) is -0.774. The molecular formula is C18H14Cl2N2O4. The Labute approximate surface area is 159 Å². The number of urea groups is 1. The molecule has 1 fully saturated rings. The maximum atomic E-state index is 12.9. The number of imide groups is 1. The summed E-state index contributed by atoms with van der Waals surface area (Å²) in [6, 6.07) is 10.6. The number of likely N-dealkylation sites (N-methyl/N-ethyl adjacent to an activating group) is 1. The second-order valence-corrected chi connectivity index (χ2v) is 6.59. The van der Waals surface area contributed by atoms with Gasteiger partial charge in [-0.3, -0.25) is 14.9 Å². The van der Waals surface area contributed by atoms with Crippen LogP contribution in [0.15, 0.2) is 42.5 Å². The van der Waals surface area contributed by atoms with Crippen molar-refractivity contribution in [3.05, 3.63) is 63.6 Å². The molecule has 1 aliphatic rings. The number of hydrogen-bond acceptors (Lipinski definition) is 4. The van der Waals surface area contributed by atoms with E-state index in [2.05, 4.69) is 5.32 Å². The van der Waals surface area contributed by atoms with Crippen molar-refractivity contribution >= 4 is 41.1 Å². The molecule has 1 atom stereocenters. The minimum Gasteiger partial charge on any atom is -0.427 e. The number of hydrogen-bond donors (Lipinski definition) is 1. The van der Waals surface area contributed by atoms with Gasteiger partial charge in [0, 0.05) is 14.0 Å². The van der Waals surface area contributed by atoms with Gasteiger partial charge in [-0.2, -0.15) is 0 Å². The molecule has 1 heterocycles. The molecule has 2 aromatic rings. The van der Waals surface area contributed by atoms with Gasteiger partial charge in [-0.25, -0.2) is 4.79 Å². The minimum atomic E-state index is -1.47. The fraction of sp³-hybridized carbons (Fsp3) is 0.167. The first kappa shape index (κ1) is 18.2. The van der Waals surface area contributed by atoms with Crippen LogP contribution in [-0.2, 0) is 15.1 Å². The van der Waals surface area contributed by atoms with Gasteiger partial charge in [0.05, 0.1) is 10.0 Å². The van der Waals surface area contributed by atoms with Crippen molar-refractivity contribution < 1.29 is 19.1 Å². The molecule has 0 saturated carbocycles. The lowest BCUT2D eigenvalue weighted by atomic mass is 9.81. The van der Waals surface area contributed by atoms with E-state index < -0.39 is 23.4 Å². The van der Waals surface area contributed by atoms with Crippen molar-refractivity contribution in [2.24, 2.45) is 0 Å². The highest BCUT2D eigenvalue weighted by Gasteiger charge is 2.54. The van der Waals surface area contributed by atoms with Crippen LogP contribution in [0.5, 0.6) is 5.75 Å².